The Morgan fingerprint density at radius 2 is 1.95 bits per heavy atom. The quantitative estimate of drug-likeness (QED) is 0.854. The van der Waals surface area contributed by atoms with Gasteiger partial charge in [-0.25, -0.2) is 4.79 Å². The fraction of sp³-hybridized carbons (Fsp3) is 0.231. The van der Waals surface area contributed by atoms with E-state index in [-0.39, 0.29) is 5.82 Å². The summed E-state index contributed by atoms with van der Waals surface area (Å²) in [4.78, 5) is 25.2. The van der Waals surface area contributed by atoms with Crippen LogP contribution in [0.5, 0.6) is 5.75 Å². The Kier molecular flexibility index (Phi) is 4.09. The number of methoxy groups -OCH3 is 1. The Bertz CT molecular complexity index is 697. The lowest BCUT2D eigenvalue weighted by atomic mass is 10.2. The van der Waals surface area contributed by atoms with Crippen molar-refractivity contribution in [3.8, 4) is 5.75 Å². The van der Waals surface area contributed by atoms with E-state index in [0.717, 1.165) is 15.9 Å². The fourth-order valence-electron chi connectivity index (χ4n) is 1.52. The molecule has 0 amide bonds. The average molecular weight is 274 g/mol. The molecule has 7 nitrogen and oxygen atoms in total. The maximum absolute atomic E-state index is 11.4. The van der Waals surface area contributed by atoms with E-state index in [2.05, 4.69) is 15.2 Å². The topological polar surface area (TPSA) is 88.8 Å². The molecular weight excluding hydrogens is 260 g/mol. The number of aromatic nitrogens is 2. The number of azo groups is 1. The van der Waals surface area contributed by atoms with Crippen molar-refractivity contribution < 1.29 is 4.74 Å². The third-order valence-electron chi connectivity index (χ3n) is 2.72. The van der Waals surface area contributed by atoms with Crippen LogP contribution in [-0.4, -0.2) is 16.7 Å². The summed E-state index contributed by atoms with van der Waals surface area (Å²) in [5.74, 6) is 0.910. The fourth-order valence-corrected chi connectivity index (χ4v) is 1.52. The minimum Gasteiger partial charge on any atom is -0.497 e. The smallest absolute Gasteiger partial charge is 0.329 e. The molecule has 0 aliphatic rings. The zero-order chi connectivity index (χ0) is 14.5. The van der Waals surface area contributed by atoms with Crippen LogP contribution in [-0.2, 0) is 13.6 Å². The molecule has 20 heavy (non-hydrogen) atoms. The van der Waals surface area contributed by atoms with E-state index in [0.29, 0.717) is 6.54 Å². The standard InChI is InChI=1S/C13H14N4O3/c1-17-12(18)7-11(15-13(17)19)16-14-8-9-3-5-10(20-2)6-4-9/h3-7H,8H2,1-2H3,(H,15,19)/b16-14+. The maximum Gasteiger partial charge on any atom is 0.329 e. The van der Waals surface area contributed by atoms with Crippen LogP contribution in [0.15, 0.2) is 50.1 Å². The summed E-state index contributed by atoms with van der Waals surface area (Å²) in [5.41, 5.74) is 0.00350. The van der Waals surface area contributed by atoms with Crippen molar-refractivity contribution in [2.24, 2.45) is 17.3 Å². The van der Waals surface area contributed by atoms with Crippen molar-refractivity contribution in [3.63, 3.8) is 0 Å². The lowest BCUT2D eigenvalue weighted by molar-refractivity contribution is 0.414. The van der Waals surface area contributed by atoms with E-state index in [1.54, 1.807) is 7.11 Å². The average Bonchev–Trinajstić information content (AvgIpc) is 2.45. The highest BCUT2D eigenvalue weighted by atomic mass is 16.5. The van der Waals surface area contributed by atoms with Crippen LogP contribution in [0.3, 0.4) is 0 Å². The van der Waals surface area contributed by atoms with Gasteiger partial charge < -0.3 is 4.74 Å². The molecule has 2 aromatic rings. The Balaban J connectivity index is 2.10. The number of hydrogen-bond donors (Lipinski definition) is 1. The van der Waals surface area contributed by atoms with E-state index in [1.165, 1.54) is 13.1 Å². The first kappa shape index (κ1) is 13.7. The van der Waals surface area contributed by atoms with Gasteiger partial charge >= 0.3 is 5.69 Å². The van der Waals surface area contributed by atoms with E-state index < -0.39 is 11.2 Å². The largest absolute Gasteiger partial charge is 0.497 e. The number of nitrogens with zero attached hydrogens (tertiary/aromatic N) is 3. The third kappa shape index (κ3) is 3.19. The molecule has 0 bridgehead atoms. The van der Waals surface area contributed by atoms with Gasteiger partial charge in [-0.05, 0) is 17.7 Å². The predicted octanol–water partition coefficient (Wildman–Crippen LogP) is 1.37. The SMILES string of the molecule is COc1ccc(C/N=N/c2cc(=O)n(C)c(=O)[nH]2)cc1. The number of H-pyrrole nitrogens is 1. The lowest BCUT2D eigenvalue weighted by Crippen LogP contribution is -2.31. The van der Waals surface area contributed by atoms with Gasteiger partial charge in [0.15, 0.2) is 5.82 Å². The predicted molar refractivity (Wildman–Crippen MR) is 73.5 cm³/mol. The highest BCUT2D eigenvalue weighted by Crippen LogP contribution is 2.12. The van der Waals surface area contributed by atoms with Gasteiger partial charge in [-0.1, -0.05) is 12.1 Å². The van der Waals surface area contributed by atoms with Crippen molar-refractivity contribution in [3.05, 3.63) is 56.7 Å². The maximum atomic E-state index is 11.4. The lowest BCUT2D eigenvalue weighted by Gasteiger charge is -2.00. The number of ether oxygens (including phenoxy) is 1. The molecule has 1 N–H and O–H groups in total. The molecule has 1 heterocycles. The molecule has 0 radical (unpaired) electrons. The van der Waals surface area contributed by atoms with Gasteiger partial charge in [0.25, 0.3) is 5.56 Å². The molecule has 2 rings (SSSR count). The zero-order valence-corrected chi connectivity index (χ0v) is 11.2. The molecule has 0 spiro atoms. The number of hydrogen-bond acceptors (Lipinski definition) is 5. The first-order chi connectivity index (χ1) is 9.60. The molecule has 0 aliphatic heterocycles. The monoisotopic (exact) mass is 274 g/mol. The van der Waals surface area contributed by atoms with Crippen LogP contribution in [0.25, 0.3) is 0 Å². The number of nitrogens with one attached hydrogen (secondary N) is 1. The Hall–Kier alpha value is -2.70. The molecule has 1 aromatic heterocycles. The Labute approximate surface area is 114 Å². The van der Waals surface area contributed by atoms with Crippen molar-refractivity contribution in [1.82, 2.24) is 9.55 Å². The van der Waals surface area contributed by atoms with Crippen LogP contribution in [0, 0.1) is 0 Å². The minimum atomic E-state index is -0.518. The number of rotatable bonds is 4. The van der Waals surface area contributed by atoms with Gasteiger partial charge in [-0.3, -0.25) is 14.3 Å². The highest BCUT2D eigenvalue weighted by Gasteiger charge is 1.99. The van der Waals surface area contributed by atoms with E-state index in [4.69, 9.17) is 4.74 Å². The second-order valence-electron chi connectivity index (χ2n) is 4.10. The molecule has 0 unspecified atom stereocenters. The summed E-state index contributed by atoms with van der Waals surface area (Å²) in [7, 11) is 2.99. The molecule has 104 valence electrons. The van der Waals surface area contributed by atoms with Crippen molar-refractivity contribution >= 4 is 5.82 Å². The zero-order valence-electron chi connectivity index (χ0n) is 11.2. The summed E-state index contributed by atoms with van der Waals surface area (Å²) in [6, 6.07) is 8.60. The summed E-state index contributed by atoms with van der Waals surface area (Å²) in [6.07, 6.45) is 0. The molecule has 7 heteroatoms. The highest BCUT2D eigenvalue weighted by molar-refractivity contribution is 5.27. The van der Waals surface area contributed by atoms with Gasteiger partial charge in [0.2, 0.25) is 0 Å². The summed E-state index contributed by atoms with van der Waals surface area (Å²) in [6.45, 7) is 0.348. The minimum absolute atomic E-state index is 0.145. The Morgan fingerprint density at radius 1 is 1.25 bits per heavy atom. The van der Waals surface area contributed by atoms with Crippen LogP contribution >= 0.6 is 0 Å². The molecule has 0 aliphatic carbocycles. The van der Waals surface area contributed by atoms with E-state index in [9.17, 15) is 9.59 Å². The van der Waals surface area contributed by atoms with Gasteiger partial charge in [-0.15, -0.1) is 5.11 Å². The molecule has 0 fully saturated rings. The number of aromatic amines is 1. The molecular formula is C13H14N4O3. The van der Waals surface area contributed by atoms with Crippen molar-refractivity contribution in [2.45, 2.75) is 6.54 Å². The molecule has 0 saturated heterocycles. The van der Waals surface area contributed by atoms with Crippen LogP contribution in [0.1, 0.15) is 5.56 Å². The first-order valence-corrected chi connectivity index (χ1v) is 5.91. The van der Waals surface area contributed by atoms with Gasteiger partial charge in [0.1, 0.15) is 5.75 Å². The van der Waals surface area contributed by atoms with Crippen LogP contribution in [0.2, 0.25) is 0 Å². The second kappa shape index (κ2) is 5.96. The van der Waals surface area contributed by atoms with Gasteiger partial charge in [0, 0.05) is 13.1 Å². The van der Waals surface area contributed by atoms with Crippen molar-refractivity contribution in [2.75, 3.05) is 7.11 Å². The summed E-state index contributed by atoms with van der Waals surface area (Å²) < 4.78 is 6.01. The normalized spacial score (nSPS) is 10.9. The van der Waals surface area contributed by atoms with E-state index >= 15 is 0 Å². The molecule has 1 aromatic carbocycles. The molecule has 0 atom stereocenters. The second-order valence-corrected chi connectivity index (χ2v) is 4.10. The van der Waals surface area contributed by atoms with Crippen LogP contribution < -0.4 is 16.0 Å². The van der Waals surface area contributed by atoms with Crippen molar-refractivity contribution in [1.29, 1.82) is 0 Å². The number of benzene rings is 1. The van der Waals surface area contributed by atoms with Gasteiger partial charge in [-0.2, -0.15) is 5.11 Å². The third-order valence-corrected chi connectivity index (χ3v) is 2.72. The van der Waals surface area contributed by atoms with Crippen LogP contribution in [0.4, 0.5) is 5.82 Å². The Morgan fingerprint density at radius 3 is 2.55 bits per heavy atom. The summed E-state index contributed by atoms with van der Waals surface area (Å²) in [5, 5.41) is 7.78. The molecule has 0 saturated carbocycles. The van der Waals surface area contributed by atoms with E-state index in [1.807, 2.05) is 24.3 Å². The summed E-state index contributed by atoms with van der Waals surface area (Å²) >= 11 is 0. The first-order valence-electron chi connectivity index (χ1n) is 5.91. The van der Waals surface area contributed by atoms with Gasteiger partial charge in [0.05, 0.1) is 13.7 Å².